The molecule has 0 aliphatic heterocycles. The second-order valence-corrected chi connectivity index (χ2v) is 7.69. The largest absolute Gasteiger partial charge is 0.495 e. The molecule has 0 aliphatic carbocycles. The first kappa shape index (κ1) is 22.3. The molecule has 0 radical (unpaired) electrons. The Hall–Kier alpha value is -3.42. The number of hydrogen-bond acceptors (Lipinski definition) is 5. The summed E-state index contributed by atoms with van der Waals surface area (Å²) in [5.74, 6) is 0.0590. The van der Waals surface area contributed by atoms with Gasteiger partial charge in [0.15, 0.2) is 5.65 Å². The van der Waals surface area contributed by atoms with E-state index in [2.05, 4.69) is 15.4 Å². The van der Waals surface area contributed by atoms with Crippen molar-refractivity contribution in [2.24, 2.45) is 0 Å². The standard InChI is InChI=1S/C23H29N5O3/c1-6-11-27(14-21(29)26-19-9-7-8-10-20(19)31-5)23(30)18-12-17-13-24-28(15(2)3)22(17)25-16(18)4/h7-10,12-13,15H,6,11,14H2,1-5H3,(H,26,29). The minimum Gasteiger partial charge on any atom is -0.495 e. The minimum atomic E-state index is -0.286. The molecule has 2 amide bonds. The molecular formula is C23H29N5O3. The van der Waals surface area contributed by atoms with Gasteiger partial charge in [0, 0.05) is 18.0 Å². The normalized spacial score (nSPS) is 11.0. The van der Waals surface area contributed by atoms with Gasteiger partial charge in [0.05, 0.1) is 30.3 Å². The lowest BCUT2D eigenvalue weighted by atomic mass is 10.1. The van der Waals surface area contributed by atoms with E-state index in [1.165, 1.54) is 0 Å². The summed E-state index contributed by atoms with van der Waals surface area (Å²) in [6.45, 7) is 8.24. The van der Waals surface area contributed by atoms with Crippen molar-refractivity contribution in [2.75, 3.05) is 25.5 Å². The fraction of sp³-hybridized carbons (Fsp3) is 0.391. The summed E-state index contributed by atoms with van der Waals surface area (Å²) in [5, 5.41) is 8.02. The van der Waals surface area contributed by atoms with Crippen LogP contribution in [0.5, 0.6) is 5.75 Å². The Labute approximate surface area is 182 Å². The summed E-state index contributed by atoms with van der Waals surface area (Å²) in [5.41, 5.74) is 2.42. The molecule has 1 aromatic carbocycles. The molecule has 0 bridgehead atoms. The molecule has 0 spiro atoms. The Bertz CT molecular complexity index is 1090. The van der Waals surface area contributed by atoms with Crippen molar-refractivity contribution in [2.45, 2.75) is 40.2 Å². The predicted octanol–water partition coefficient (Wildman–Crippen LogP) is 3.82. The van der Waals surface area contributed by atoms with Gasteiger partial charge in [0.25, 0.3) is 5.91 Å². The van der Waals surface area contributed by atoms with Crippen molar-refractivity contribution >= 4 is 28.5 Å². The highest BCUT2D eigenvalue weighted by molar-refractivity contribution is 6.01. The van der Waals surface area contributed by atoms with Gasteiger partial charge < -0.3 is 15.0 Å². The number of anilines is 1. The highest BCUT2D eigenvalue weighted by atomic mass is 16.5. The molecule has 0 saturated heterocycles. The first-order chi connectivity index (χ1) is 14.8. The SMILES string of the molecule is CCCN(CC(=O)Nc1ccccc1OC)C(=O)c1cc2cnn(C(C)C)c2nc1C. The topological polar surface area (TPSA) is 89.4 Å². The molecule has 0 aliphatic rings. The number of carbonyl (C=O) groups is 2. The van der Waals surface area contributed by atoms with Crippen LogP contribution in [0.4, 0.5) is 5.69 Å². The smallest absolute Gasteiger partial charge is 0.256 e. The Morgan fingerprint density at radius 2 is 2.00 bits per heavy atom. The zero-order chi connectivity index (χ0) is 22.5. The van der Waals surface area contributed by atoms with Crippen LogP contribution in [-0.2, 0) is 4.79 Å². The van der Waals surface area contributed by atoms with Crippen molar-refractivity contribution < 1.29 is 14.3 Å². The third-order valence-corrected chi connectivity index (χ3v) is 4.98. The summed E-state index contributed by atoms with van der Waals surface area (Å²) in [7, 11) is 1.55. The number of rotatable bonds is 8. The summed E-state index contributed by atoms with van der Waals surface area (Å²) in [4.78, 5) is 32.2. The predicted molar refractivity (Wildman–Crippen MR) is 120 cm³/mol. The maximum Gasteiger partial charge on any atom is 0.256 e. The van der Waals surface area contributed by atoms with Crippen LogP contribution < -0.4 is 10.1 Å². The molecule has 3 rings (SSSR count). The van der Waals surface area contributed by atoms with Crippen molar-refractivity contribution in [1.29, 1.82) is 0 Å². The summed E-state index contributed by atoms with van der Waals surface area (Å²) < 4.78 is 7.11. The summed E-state index contributed by atoms with van der Waals surface area (Å²) in [6.07, 6.45) is 2.45. The Morgan fingerprint density at radius 1 is 1.26 bits per heavy atom. The van der Waals surface area contributed by atoms with Gasteiger partial charge in [-0.2, -0.15) is 5.10 Å². The number of fused-ring (bicyclic) bond motifs is 1. The number of nitrogens with one attached hydrogen (secondary N) is 1. The van der Waals surface area contributed by atoms with E-state index in [1.54, 1.807) is 30.3 Å². The third-order valence-electron chi connectivity index (χ3n) is 4.98. The van der Waals surface area contributed by atoms with Crippen molar-refractivity contribution in [1.82, 2.24) is 19.7 Å². The lowest BCUT2D eigenvalue weighted by Crippen LogP contribution is -2.39. The van der Waals surface area contributed by atoms with Gasteiger partial charge >= 0.3 is 0 Å². The lowest BCUT2D eigenvalue weighted by Gasteiger charge is -2.22. The summed E-state index contributed by atoms with van der Waals surface area (Å²) >= 11 is 0. The number of carbonyl (C=O) groups excluding carboxylic acids is 2. The number of ether oxygens (including phenoxy) is 1. The molecule has 0 fully saturated rings. The number of amides is 2. The fourth-order valence-electron chi connectivity index (χ4n) is 3.46. The highest BCUT2D eigenvalue weighted by Crippen LogP contribution is 2.23. The number of aromatic nitrogens is 3. The van der Waals surface area contributed by atoms with Crippen LogP contribution in [-0.4, -0.2) is 51.7 Å². The zero-order valence-electron chi connectivity index (χ0n) is 18.7. The van der Waals surface area contributed by atoms with Gasteiger partial charge in [-0.25, -0.2) is 9.67 Å². The molecule has 8 heteroatoms. The van der Waals surface area contributed by atoms with Crippen LogP contribution in [0.3, 0.4) is 0 Å². The monoisotopic (exact) mass is 423 g/mol. The number of nitrogens with zero attached hydrogens (tertiary/aromatic N) is 4. The van der Waals surface area contributed by atoms with Gasteiger partial charge in [-0.05, 0) is 45.4 Å². The summed E-state index contributed by atoms with van der Waals surface area (Å²) in [6, 6.07) is 9.15. The van der Waals surface area contributed by atoms with E-state index in [9.17, 15) is 9.59 Å². The second-order valence-electron chi connectivity index (χ2n) is 7.69. The average molecular weight is 424 g/mol. The van der Waals surface area contributed by atoms with E-state index in [0.717, 1.165) is 17.5 Å². The molecule has 0 atom stereocenters. The molecule has 1 N–H and O–H groups in total. The van der Waals surface area contributed by atoms with Gasteiger partial charge in [0.1, 0.15) is 12.3 Å². The van der Waals surface area contributed by atoms with E-state index >= 15 is 0 Å². The molecule has 2 aromatic heterocycles. The van der Waals surface area contributed by atoms with Crippen molar-refractivity contribution in [3.05, 3.63) is 47.8 Å². The highest BCUT2D eigenvalue weighted by Gasteiger charge is 2.22. The van der Waals surface area contributed by atoms with Crippen LogP contribution in [0.15, 0.2) is 36.5 Å². The Balaban J connectivity index is 1.83. The van der Waals surface area contributed by atoms with Crippen LogP contribution in [0.25, 0.3) is 11.0 Å². The van der Waals surface area contributed by atoms with Gasteiger partial charge in [-0.15, -0.1) is 0 Å². The van der Waals surface area contributed by atoms with Crippen molar-refractivity contribution in [3.63, 3.8) is 0 Å². The average Bonchev–Trinajstić information content (AvgIpc) is 3.15. The molecular weight excluding hydrogens is 394 g/mol. The second kappa shape index (κ2) is 9.59. The van der Waals surface area contributed by atoms with Gasteiger partial charge in [-0.1, -0.05) is 19.1 Å². The molecule has 31 heavy (non-hydrogen) atoms. The zero-order valence-corrected chi connectivity index (χ0v) is 18.7. The first-order valence-electron chi connectivity index (χ1n) is 10.4. The van der Waals surface area contributed by atoms with Gasteiger partial charge in [0.2, 0.25) is 5.91 Å². The molecule has 0 saturated carbocycles. The maximum atomic E-state index is 13.3. The van der Waals surface area contributed by atoms with Crippen LogP contribution in [0.1, 0.15) is 49.3 Å². The van der Waals surface area contributed by atoms with Crippen LogP contribution >= 0.6 is 0 Å². The molecule has 3 aromatic rings. The lowest BCUT2D eigenvalue weighted by molar-refractivity contribution is -0.116. The fourth-order valence-corrected chi connectivity index (χ4v) is 3.46. The third kappa shape index (κ3) is 4.84. The van der Waals surface area contributed by atoms with E-state index in [1.807, 2.05) is 50.6 Å². The minimum absolute atomic E-state index is 0.0620. The van der Waals surface area contributed by atoms with Crippen molar-refractivity contribution in [3.8, 4) is 5.75 Å². The number of hydrogen-bond donors (Lipinski definition) is 1. The Morgan fingerprint density at radius 3 is 2.68 bits per heavy atom. The number of methoxy groups -OCH3 is 1. The van der Waals surface area contributed by atoms with Crippen LogP contribution in [0, 0.1) is 6.92 Å². The Kier molecular flexibility index (Phi) is 6.89. The molecule has 2 heterocycles. The molecule has 0 unspecified atom stereocenters. The van der Waals surface area contributed by atoms with E-state index < -0.39 is 0 Å². The van der Waals surface area contributed by atoms with E-state index in [0.29, 0.717) is 29.2 Å². The number of benzene rings is 1. The number of pyridine rings is 1. The first-order valence-corrected chi connectivity index (χ1v) is 10.4. The number of aryl methyl sites for hydroxylation is 1. The van der Waals surface area contributed by atoms with E-state index in [4.69, 9.17) is 4.74 Å². The number of para-hydroxylation sites is 2. The van der Waals surface area contributed by atoms with Gasteiger partial charge in [-0.3, -0.25) is 9.59 Å². The molecule has 164 valence electrons. The quantitative estimate of drug-likeness (QED) is 0.595. The van der Waals surface area contributed by atoms with E-state index in [-0.39, 0.29) is 24.4 Å². The van der Waals surface area contributed by atoms with Crippen LogP contribution in [0.2, 0.25) is 0 Å². The maximum absolute atomic E-state index is 13.3. The molecule has 8 nitrogen and oxygen atoms in total.